The van der Waals surface area contributed by atoms with Crippen LogP contribution < -0.4 is 0 Å². The van der Waals surface area contributed by atoms with Crippen LogP contribution in [-0.2, 0) is 4.79 Å². The van der Waals surface area contributed by atoms with Crippen molar-refractivity contribution >= 4 is 12.0 Å². The van der Waals surface area contributed by atoms with E-state index in [-0.39, 0.29) is 12.5 Å². The van der Waals surface area contributed by atoms with Crippen LogP contribution in [-0.4, -0.2) is 53.6 Å². The topological polar surface area (TPSA) is 60.9 Å². The van der Waals surface area contributed by atoms with Crippen molar-refractivity contribution in [1.82, 2.24) is 9.80 Å². The minimum atomic E-state index is -0.727. The molecule has 0 aromatic heterocycles. The lowest BCUT2D eigenvalue weighted by Crippen LogP contribution is -2.46. The van der Waals surface area contributed by atoms with Gasteiger partial charge in [-0.25, -0.2) is 4.79 Å². The predicted molar refractivity (Wildman–Crippen MR) is 74.0 cm³/mol. The van der Waals surface area contributed by atoms with Gasteiger partial charge >= 0.3 is 12.0 Å². The van der Waals surface area contributed by atoms with Crippen LogP contribution in [0.5, 0.6) is 0 Å². The Bertz CT molecular complexity index is 310. The molecule has 0 aromatic rings. The molecular weight excluding hydrogens is 244 g/mol. The van der Waals surface area contributed by atoms with E-state index in [2.05, 4.69) is 13.8 Å². The molecule has 5 heteroatoms. The quantitative estimate of drug-likeness (QED) is 0.833. The summed E-state index contributed by atoms with van der Waals surface area (Å²) < 4.78 is 0. The Labute approximate surface area is 115 Å². The van der Waals surface area contributed by atoms with Crippen LogP contribution in [0.3, 0.4) is 0 Å². The summed E-state index contributed by atoms with van der Waals surface area (Å²) in [7, 11) is 1.85. The van der Waals surface area contributed by atoms with Crippen LogP contribution in [0.1, 0.15) is 39.5 Å². The van der Waals surface area contributed by atoms with Crippen molar-refractivity contribution in [2.24, 2.45) is 11.8 Å². The van der Waals surface area contributed by atoms with Gasteiger partial charge in [-0.1, -0.05) is 13.8 Å². The fourth-order valence-electron chi connectivity index (χ4n) is 2.61. The van der Waals surface area contributed by atoms with Crippen molar-refractivity contribution < 1.29 is 14.7 Å². The highest BCUT2D eigenvalue weighted by atomic mass is 16.4. The Morgan fingerprint density at radius 2 is 1.89 bits per heavy atom. The van der Waals surface area contributed by atoms with Crippen molar-refractivity contribution in [3.05, 3.63) is 0 Å². The summed E-state index contributed by atoms with van der Waals surface area (Å²) in [6, 6.07) is 0.102. The highest BCUT2D eigenvalue weighted by molar-refractivity contribution is 5.74. The summed E-state index contributed by atoms with van der Waals surface area (Å²) in [4.78, 5) is 26.4. The maximum Gasteiger partial charge on any atom is 0.319 e. The van der Waals surface area contributed by atoms with Gasteiger partial charge in [-0.3, -0.25) is 4.79 Å². The zero-order valence-corrected chi connectivity index (χ0v) is 12.3. The fourth-order valence-corrected chi connectivity index (χ4v) is 2.61. The molecule has 1 N–H and O–H groups in total. The minimum Gasteiger partial charge on any atom is -0.481 e. The number of amides is 2. The molecule has 0 spiro atoms. The maximum absolute atomic E-state index is 12.2. The first kappa shape index (κ1) is 15.8. The first-order chi connectivity index (χ1) is 8.90. The Morgan fingerprint density at radius 1 is 1.32 bits per heavy atom. The van der Waals surface area contributed by atoms with E-state index >= 15 is 0 Å². The van der Waals surface area contributed by atoms with Crippen molar-refractivity contribution in [2.75, 3.05) is 26.7 Å². The Hall–Kier alpha value is -1.26. The minimum absolute atomic E-state index is 0.102. The monoisotopic (exact) mass is 270 g/mol. The average Bonchev–Trinajstić information content (AvgIpc) is 2.35. The second-order valence-electron chi connectivity index (χ2n) is 5.92. The lowest BCUT2D eigenvalue weighted by atomic mass is 9.92. The summed E-state index contributed by atoms with van der Waals surface area (Å²) in [5, 5.41) is 8.67. The lowest BCUT2D eigenvalue weighted by Gasteiger charge is -2.35. The number of urea groups is 1. The number of carboxylic acid groups (broad SMARTS) is 1. The number of nitrogens with zero attached hydrogens (tertiary/aromatic N) is 2. The third-order valence-electron chi connectivity index (χ3n) is 3.62. The van der Waals surface area contributed by atoms with Gasteiger partial charge in [-0.15, -0.1) is 0 Å². The summed E-state index contributed by atoms with van der Waals surface area (Å²) in [6.45, 7) is 6.48. The van der Waals surface area contributed by atoms with Gasteiger partial charge in [0.2, 0.25) is 0 Å². The summed E-state index contributed by atoms with van der Waals surface area (Å²) >= 11 is 0. The number of hydrogen-bond donors (Lipinski definition) is 1. The molecule has 0 aliphatic carbocycles. The largest absolute Gasteiger partial charge is 0.481 e. The van der Waals surface area contributed by atoms with Gasteiger partial charge in [0, 0.05) is 33.1 Å². The van der Waals surface area contributed by atoms with Gasteiger partial charge in [0.25, 0.3) is 0 Å². The highest BCUT2D eigenvalue weighted by Crippen LogP contribution is 2.22. The molecule has 2 amide bonds. The number of carboxylic acids is 1. The molecule has 0 saturated carbocycles. The molecular formula is C14H26N2O3. The maximum atomic E-state index is 12.2. The van der Waals surface area contributed by atoms with E-state index in [1.54, 1.807) is 4.90 Å². The second kappa shape index (κ2) is 7.36. The van der Waals surface area contributed by atoms with Crippen LogP contribution in [0.25, 0.3) is 0 Å². The van der Waals surface area contributed by atoms with Gasteiger partial charge in [-0.2, -0.15) is 0 Å². The van der Waals surface area contributed by atoms with Crippen molar-refractivity contribution in [1.29, 1.82) is 0 Å². The first-order valence-electron chi connectivity index (χ1n) is 7.12. The fraction of sp³-hybridized carbons (Fsp3) is 0.857. The van der Waals surface area contributed by atoms with E-state index in [9.17, 15) is 9.59 Å². The van der Waals surface area contributed by atoms with Gasteiger partial charge in [0.15, 0.2) is 0 Å². The third kappa shape index (κ3) is 5.49. The van der Waals surface area contributed by atoms with Crippen LogP contribution >= 0.6 is 0 Å². The van der Waals surface area contributed by atoms with Gasteiger partial charge in [0.1, 0.15) is 0 Å². The van der Waals surface area contributed by atoms with Crippen LogP contribution in [0.4, 0.5) is 4.79 Å². The molecule has 0 radical (unpaired) electrons. The summed E-state index contributed by atoms with van der Waals surface area (Å²) in [5.74, 6) is 0.202. The number of rotatable bonds is 5. The molecule has 0 bridgehead atoms. The van der Waals surface area contributed by atoms with E-state index in [0.717, 1.165) is 38.9 Å². The zero-order valence-electron chi connectivity index (χ0n) is 12.3. The van der Waals surface area contributed by atoms with E-state index in [4.69, 9.17) is 5.11 Å². The van der Waals surface area contributed by atoms with E-state index < -0.39 is 5.97 Å². The number of likely N-dealkylation sites (tertiary alicyclic amines) is 1. The number of carbonyl (C=O) groups is 2. The standard InChI is InChI=1S/C14H26N2O3/c1-11(2)10-15(3)14(19)16-8-6-12(7-9-16)4-5-13(17)18/h11-12H,4-10H2,1-3H3,(H,17,18). The van der Waals surface area contributed by atoms with Gasteiger partial charge < -0.3 is 14.9 Å². The number of aliphatic carboxylic acids is 1. The summed E-state index contributed by atoms with van der Waals surface area (Å²) in [6.07, 6.45) is 2.83. The van der Waals surface area contributed by atoms with Crippen molar-refractivity contribution in [3.63, 3.8) is 0 Å². The molecule has 0 atom stereocenters. The van der Waals surface area contributed by atoms with Crippen LogP contribution in [0.15, 0.2) is 0 Å². The third-order valence-corrected chi connectivity index (χ3v) is 3.62. The zero-order chi connectivity index (χ0) is 14.4. The number of piperidine rings is 1. The lowest BCUT2D eigenvalue weighted by molar-refractivity contribution is -0.137. The number of hydrogen-bond acceptors (Lipinski definition) is 2. The van der Waals surface area contributed by atoms with Crippen molar-refractivity contribution in [3.8, 4) is 0 Å². The summed E-state index contributed by atoms with van der Waals surface area (Å²) in [5.41, 5.74) is 0. The molecule has 1 aliphatic heterocycles. The molecule has 5 nitrogen and oxygen atoms in total. The average molecular weight is 270 g/mol. The molecule has 0 aromatic carbocycles. The molecule has 1 heterocycles. The van der Waals surface area contributed by atoms with E-state index in [0.29, 0.717) is 11.8 Å². The molecule has 0 unspecified atom stereocenters. The van der Waals surface area contributed by atoms with Gasteiger partial charge in [-0.05, 0) is 31.1 Å². The van der Waals surface area contributed by atoms with Crippen LogP contribution in [0.2, 0.25) is 0 Å². The SMILES string of the molecule is CC(C)CN(C)C(=O)N1CCC(CCC(=O)O)CC1. The normalized spacial score (nSPS) is 16.7. The number of carbonyl (C=O) groups excluding carboxylic acids is 1. The highest BCUT2D eigenvalue weighted by Gasteiger charge is 2.25. The van der Waals surface area contributed by atoms with E-state index in [1.165, 1.54) is 0 Å². The van der Waals surface area contributed by atoms with E-state index in [1.807, 2.05) is 11.9 Å². The molecule has 1 saturated heterocycles. The Balaban J connectivity index is 2.32. The smallest absolute Gasteiger partial charge is 0.319 e. The van der Waals surface area contributed by atoms with Crippen LogP contribution in [0, 0.1) is 11.8 Å². The van der Waals surface area contributed by atoms with Gasteiger partial charge in [0.05, 0.1) is 0 Å². The Kier molecular flexibility index (Phi) is 6.12. The molecule has 1 fully saturated rings. The van der Waals surface area contributed by atoms with Crippen molar-refractivity contribution in [2.45, 2.75) is 39.5 Å². The predicted octanol–water partition coefficient (Wildman–Crippen LogP) is 2.27. The molecule has 1 aliphatic rings. The molecule has 19 heavy (non-hydrogen) atoms. The second-order valence-corrected chi connectivity index (χ2v) is 5.92. The molecule has 1 rings (SSSR count). The Morgan fingerprint density at radius 3 is 2.37 bits per heavy atom. The molecule has 110 valence electrons. The first-order valence-corrected chi connectivity index (χ1v) is 7.12.